The molecule has 0 aliphatic heterocycles. The molecule has 0 heterocycles. The van der Waals surface area contributed by atoms with Crippen LogP contribution in [0.1, 0.15) is 11.1 Å². The van der Waals surface area contributed by atoms with Gasteiger partial charge in [0.2, 0.25) is 5.96 Å². The van der Waals surface area contributed by atoms with Crippen LogP contribution in [0.15, 0.2) is 28.2 Å². The Balaban J connectivity index is 3.25. The smallest absolute Gasteiger partial charge is 0.370 e. The van der Waals surface area contributed by atoms with Crippen molar-refractivity contribution in [1.82, 2.24) is 0 Å². The second-order valence-corrected chi connectivity index (χ2v) is 3.45. The Kier molecular flexibility index (Phi) is 3.79. The first kappa shape index (κ1) is 13.8. The standard InChI is InChI=1S/C10H12F3N5/c1-5-6(10(11,12)13)3-2-4-7(5)17-9(16)18-8(14)15/h2-4H,1H3,(H6,14,15,16,17,18). The van der Waals surface area contributed by atoms with Crippen LogP contribution >= 0.6 is 0 Å². The van der Waals surface area contributed by atoms with E-state index in [0.717, 1.165) is 6.07 Å². The maximum atomic E-state index is 12.6. The Bertz CT molecular complexity index is 501. The molecule has 0 fully saturated rings. The fraction of sp³-hybridized carbons (Fsp3) is 0.200. The number of nitrogens with two attached hydrogens (primary N) is 3. The van der Waals surface area contributed by atoms with Crippen molar-refractivity contribution in [2.45, 2.75) is 13.1 Å². The van der Waals surface area contributed by atoms with E-state index < -0.39 is 11.7 Å². The number of alkyl halides is 3. The summed E-state index contributed by atoms with van der Waals surface area (Å²) in [6, 6.07) is 3.59. The van der Waals surface area contributed by atoms with Crippen LogP contribution < -0.4 is 17.2 Å². The van der Waals surface area contributed by atoms with Crippen molar-refractivity contribution in [3.05, 3.63) is 29.3 Å². The summed E-state index contributed by atoms with van der Waals surface area (Å²) in [5.74, 6) is -0.627. The summed E-state index contributed by atoms with van der Waals surface area (Å²) in [5, 5.41) is 0. The molecular weight excluding hydrogens is 247 g/mol. The summed E-state index contributed by atoms with van der Waals surface area (Å²) >= 11 is 0. The molecule has 1 aromatic carbocycles. The van der Waals surface area contributed by atoms with Crippen molar-refractivity contribution in [1.29, 1.82) is 0 Å². The predicted octanol–water partition coefficient (Wildman–Crippen LogP) is 1.23. The van der Waals surface area contributed by atoms with Crippen molar-refractivity contribution >= 4 is 17.6 Å². The lowest BCUT2D eigenvalue weighted by Gasteiger charge is -2.11. The average molecular weight is 259 g/mol. The van der Waals surface area contributed by atoms with Crippen LogP contribution in [0.25, 0.3) is 0 Å². The molecule has 0 saturated carbocycles. The molecular formula is C10H12F3N5. The van der Waals surface area contributed by atoms with Gasteiger partial charge >= 0.3 is 6.18 Å². The number of aliphatic imine (C=N–C) groups is 2. The van der Waals surface area contributed by atoms with Crippen LogP contribution in [0.4, 0.5) is 18.9 Å². The summed E-state index contributed by atoms with van der Waals surface area (Å²) < 4.78 is 37.9. The van der Waals surface area contributed by atoms with Crippen molar-refractivity contribution in [2.24, 2.45) is 27.2 Å². The maximum Gasteiger partial charge on any atom is 0.416 e. The fourth-order valence-electron chi connectivity index (χ4n) is 1.33. The molecule has 18 heavy (non-hydrogen) atoms. The van der Waals surface area contributed by atoms with E-state index in [1.54, 1.807) is 0 Å². The van der Waals surface area contributed by atoms with Gasteiger partial charge in [-0.15, -0.1) is 0 Å². The number of rotatable bonds is 1. The highest BCUT2D eigenvalue weighted by Gasteiger charge is 2.32. The van der Waals surface area contributed by atoms with Crippen molar-refractivity contribution in [3.8, 4) is 0 Å². The molecule has 1 aromatic rings. The van der Waals surface area contributed by atoms with Gasteiger partial charge in [-0.2, -0.15) is 18.2 Å². The molecule has 6 N–H and O–H groups in total. The molecule has 0 aliphatic rings. The minimum Gasteiger partial charge on any atom is -0.370 e. The number of benzene rings is 1. The molecule has 0 amide bonds. The Hall–Kier alpha value is -2.25. The first-order valence-corrected chi connectivity index (χ1v) is 4.82. The van der Waals surface area contributed by atoms with Crippen LogP contribution in [0.2, 0.25) is 0 Å². The lowest BCUT2D eigenvalue weighted by molar-refractivity contribution is -0.138. The van der Waals surface area contributed by atoms with Crippen LogP contribution in [0, 0.1) is 6.92 Å². The van der Waals surface area contributed by atoms with E-state index >= 15 is 0 Å². The number of hydrogen-bond acceptors (Lipinski definition) is 1. The number of nitrogens with zero attached hydrogens (tertiary/aromatic N) is 2. The van der Waals surface area contributed by atoms with E-state index in [1.165, 1.54) is 19.1 Å². The molecule has 0 spiro atoms. The quantitative estimate of drug-likeness (QED) is 0.522. The minimum atomic E-state index is -4.44. The van der Waals surface area contributed by atoms with E-state index in [-0.39, 0.29) is 23.2 Å². The van der Waals surface area contributed by atoms with Gasteiger partial charge in [-0.05, 0) is 24.6 Å². The van der Waals surface area contributed by atoms with Gasteiger partial charge in [-0.3, -0.25) is 0 Å². The molecule has 98 valence electrons. The summed E-state index contributed by atoms with van der Waals surface area (Å²) in [6.07, 6.45) is -4.44. The SMILES string of the molecule is Cc1c(N=C(N)N=C(N)N)cccc1C(F)(F)F. The van der Waals surface area contributed by atoms with Crippen LogP contribution in [0.5, 0.6) is 0 Å². The molecule has 0 unspecified atom stereocenters. The van der Waals surface area contributed by atoms with Gasteiger partial charge in [0.25, 0.3) is 0 Å². The highest BCUT2D eigenvalue weighted by molar-refractivity contribution is 5.93. The number of halogens is 3. The zero-order chi connectivity index (χ0) is 13.9. The second kappa shape index (κ2) is 4.94. The summed E-state index contributed by atoms with van der Waals surface area (Å²) in [6.45, 7) is 1.30. The van der Waals surface area contributed by atoms with E-state index in [9.17, 15) is 13.2 Å². The van der Waals surface area contributed by atoms with Crippen molar-refractivity contribution < 1.29 is 13.2 Å². The average Bonchev–Trinajstić information content (AvgIpc) is 2.18. The third-order valence-corrected chi connectivity index (χ3v) is 2.09. The predicted molar refractivity (Wildman–Crippen MR) is 63.3 cm³/mol. The second-order valence-electron chi connectivity index (χ2n) is 3.45. The molecule has 0 saturated heterocycles. The third-order valence-electron chi connectivity index (χ3n) is 2.09. The Morgan fingerprint density at radius 1 is 1.17 bits per heavy atom. The van der Waals surface area contributed by atoms with E-state index in [1.807, 2.05) is 0 Å². The van der Waals surface area contributed by atoms with Gasteiger partial charge in [0.1, 0.15) is 0 Å². The molecule has 0 radical (unpaired) electrons. The minimum absolute atomic E-state index is 0.0428. The van der Waals surface area contributed by atoms with Crippen LogP contribution in [0.3, 0.4) is 0 Å². The van der Waals surface area contributed by atoms with Gasteiger partial charge in [-0.1, -0.05) is 6.07 Å². The number of hydrogen-bond donors (Lipinski definition) is 3. The normalized spacial score (nSPS) is 12.3. The van der Waals surface area contributed by atoms with Crippen molar-refractivity contribution in [3.63, 3.8) is 0 Å². The van der Waals surface area contributed by atoms with E-state index in [2.05, 4.69) is 9.98 Å². The molecule has 0 atom stereocenters. The van der Waals surface area contributed by atoms with Gasteiger partial charge in [0, 0.05) is 0 Å². The van der Waals surface area contributed by atoms with E-state index in [0.29, 0.717) is 0 Å². The Morgan fingerprint density at radius 3 is 2.28 bits per heavy atom. The van der Waals surface area contributed by atoms with E-state index in [4.69, 9.17) is 17.2 Å². The molecule has 0 bridgehead atoms. The maximum absolute atomic E-state index is 12.6. The van der Waals surface area contributed by atoms with Crippen LogP contribution in [-0.4, -0.2) is 11.9 Å². The van der Waals surface area contributed by atoms with Gasteiger partial charge < -0.3 is 17.2 Å². The zero-order valence-corrected chi connectivity index (χ0v) is 9.49. The van der Waals surface area contributed by atoms with Crippen molar-refractivity contribution in [2.75, 3.05) is 0 Å². The molecule has 5 nitrogen and oxygen atoms in total. The van der Waals surface area contributed by atoms with Gasteiger partial charge in [0.05, 0.1) is 11.3 Å². The largest absolute Gasteiger partial charge is 0.416 e. The van der Waals surface area contributed by atoms with Gasteiger partial charge in [-0.25, -0.2) is 4.99 Å². The lowest BCUT2D eigenvalue weighted by atomic mass is 10.1. The third kappa shape index (κ3) is 3.37. The molecule has 8 heteroatoms. The highest BCUT2D eigenvalue weighted by atomic mass is 19.4. The first-order valence-electron chi connectivity index (χ1n) is 4.82. The first-order chi connectivity index (χ1) is 8.21. The monoisotopic (exact) mass is 259 g/mol. The Labute approximate surface area is 101 Å². The lowest BCUT2D eigenvalue weighted by Crippen LogP contribution is -2.26. The molecule has 0 aliphatic carbocycles. The summed E-state index contributed by atoms with van der Waals surface area (Å²) in [7, 11) is 0. The van der Waals surface area contributed by atoms with Crippen LogP contribution in [-0.2, 0) is 6.18 Å². The summed E-state index contributed by atoms with van der Waals surface area (Å²) in [5.41, 5.74) is 14.7. The zero-order valence-electron chi connectivity index (χ0n) is 9.49. The topological polar surface area (TPSA) is 103 Å². The summed E-state index contributed by atoms with van der Waals surface area (Å²) in [4.78, 5) is 7.14. The molecule has 0 aromatic heterocycles. The highest BCUT2D eigenvalue weighted by Crippen LogP contribution is 2.35. The fourth-order valence-corrected chi connectivity index (χ4v) is 1.33. The Morgan fingerprint density at radius 2 is 1.78 bits per heavy atom. The molecule has 1 rings (SSSR count). The number of guanidine groups is 2. The van der Waals surface area contributed by atoms with Gasteiger partial charge in [0.15, 0.2) is 5.96 Å².